The minimum Gasteiger partial charge on any atom is -0.486 e. The highest BCUT2D eigenvalue weighted by Gasteiger charge is 2.28. The molecule has 31 heavy (non-hydrogen) atoms. The summed E-state index contributed by atoms with van der Waals surface area (Å²) in [5.74, 6) is 1.64. The summed E-state index contributed by atoms with van der Waals surface area (Å²) >= 11 is 0. The van der Waals surface area contributed by atoms with Gasteiger partial charge in [-0.05, 0) is 42.7 Å². The van der Waals surface area contributed by atoms with Crippen LogP contribution in [0.1, 0.15) is 43.4 Å². The molecule has 1 N–H and O–H groups in total. The quantitative estimate of drug-likeness (QED) is 0.621. The van der Waals surface area contributed by atoms with E-state index in [2.05, 4.69) is 46.1 Å². The van der Waals surface area contributed by atoms with Crippen molar-refractivity contribution in [1.82, 2.24) is 9.47 Å². The molecule has 0 unspecified atom stereocenters. The van der Waals surface area contributed by atoms with Crippen molar-refractivity contribution < 1.29 is 9.47 Å². The molecule has 0 radical (unpaired) electrons. The summed E-state index contributed by atoms with van der Waals surface area (Å²) in [4.78, 5) is 2.75. The minimum atomic E-state index is 0.606. The molecule has 162 valence electrons. The fourth-order valence-corrected chi connectivity index (χ4v) is 5.72. The molecular formula is C26H31N3O2. The number of rotatable bonds is 3. The SMILES string of the molecule is Cn1c2c(c3ccc(Nc4ccc5c(c4)OCCO5)cc31)CN(C1CCCCC1)CC2. The zero-order chi connectivity index (χ0) is 20.8. The van der Waals surface area contributed by atoms with Crippen molar-refractivity contribution in [3.8, 4) is 11.5 Å². The molecule has 1 aromatic heterocycles. The number of hydrogen-bond donors (Lipinski definition) is 1. The first-order chi connectivity index (χ1) is 15.3. The fourth-order valence-electron chi connectivity index (χ4n) is 5.72. The average Bonchev–Trinajstić information content (AvgIpc) is 3.10. The third-order valence-electron chi connectivity index (χ3n) is 7.36. The zero-order valence-corrected chi connectivity index (χ0v) is 18.3. The minimum absolute atomic E-state index is 0.606. The summed E-state index contributed by atoms with van der Waals surface area (Å²) in [5.41, 5.74) is 6.49. The van der Waals surface area contributed by atoms with E-state index in [-0.39, 0.29) is 0 Å². The smallest absolute Gasteiger partial charge is 0.163 e. The van der Waals surface area contributed by atoms with Gasteiger partial charge in [0, 0.05) is 61.1 Å². The Morgan fingerprint density at radius 3 is 2.55 bits per heavy atom. The van der Waals surface area contributed by atoms with Gasteiger partial charge in [-0.2, -0.15) is 0 Å². The van der Waals surface area contributed by atoms with Crippen molar-refractivity contribution in [3.63, 3.8) is 0 Å². The lowest BCUT2D eigenvalue weighted by Gasteiger charge is -2.37. The topological polar surface area (TPSA) is 38.7 Å². The summed E-state index contributed by atoms with van der Waals surface area (Å²) in [5, 5.41) is 4.96. The fraction of sp³-hybridized carbons (Fsp3) is 0.462. The highest BCUT2D eigenvalue weighted by atomic mass is 16.6. The number of nitrogens with zero attached hydrogens (tertiary/aromatic N) is 2. The molecule has 0 spiro atoms. The Labute approximate surface area is 183 Å². The molecule has 0 atom stereocenters. The third kappa shape index (κ3) is 3.45. The standard InChI is InChI=1S/C26H31N3O2/c1-28-23-11-12-29(20-5-3-2-4-6-20)17-22(23)21-9-7-18(15-24(21)28)27-19-8-10-25-26(16-19)31-14-13-30-25/h7-10,15-16,20,27H,2-6,11-14,17H2,1H3. The summed E-state index contributed by atoms with van der Waals surface area (Å²) in [6, 6.07) is 13.6. The van der Waals surface area contributed by atoms with E-state index in [0.29, 0.717) is 13.2 Å². The number of aryl methyl sites for hydroxylation is 1. The van der Waals surface area contributed by atoms with Gasteiger partial charge in [-0.3, -0.25) is 4.90 Å². The maximum absolute atomic E-state index is 5.73. The van der Waals surface area contributed by atoms with Crippen molar-refractivity contribution in [2.45, 2.75) is 51.1 Å². The Hall–Kier alpha value is -2.66. The summed E-state index contributed by atoms with van der Waals surface area (Å²) in [7, 11) is 2.23. The predicted molar refractivity (Wildman–Crippen MR) is 125 cm³/mol. The molecule has 6 rings (SSSR count). The summed E-state index contributed by atoms with van der Waals surface area (Å²) in [6.07, 6.45) is 8.13. The van der Waals surface area contributed by atoms with Crippen LogP contribution in [-0.4, -0.2) is 35.3 Å². The van der Waals surface area contributed by atoms with Gasteiger partial charge in [0.05, 0.1) is 5.52 Å². The molecule has 0 amide bonds. The van der Waals surface area contributed by atoms with Gasteiger partial charge in [0.15, 0.2) is 11.5 Å². The lowest BCUT2D eigenvalue weighted by molar-refractivity contribution is 0.141. The van der Waals surface area contributed by atoms with Gasteiger partial charge < -0.3 is 19.4 Å². The normalized spacial score (nSPS) is 19.4. The summed E-state index contributed by atoms with van der Waals surface area (Å²) in [6.45, 7) is 3.53. The Kier molecular flexibility index (Phi) is 4.79. The molecule has 3 aromatic rings. The molecule has 5 nitrogen and oxygen atoms in total. The maximum atomic E-state index is 5.73. The maximum Gasteiger partial charge on any atom is 0.163 e. The molecule has 2 aliphatic heterocycles. The van der Waals surface area contributed by atoms with E-state index in [1.165, 1.54) is 55.2 Å². The first kappa shape index (κ1) is 19.1. The van der Waals surface area contributed by atoms with Crippen LogP contribution in [0.2, 0.25) is 0 Å². The van der Waals surface area contributed by atoms with Crippen LogP contribution in [0.15, 0.2) is 36.4 Å². The number of benzene rings is 2. The van der Waals surface area contributed by atoms with Gasteiger partial charge in [-0.1, -0.05) is 25.3 Å². The lowest BCUT2D eigenvalue weighted by atomic mass is 9.92. The van der Waals surface area contributed by atoms with Crippen LogP contribution in [0.5, 0.6) is 11.5 Å². The van der Waals surface area contributed by atoms with Crippen molar-refractivity contribution in [1.29, 1.82) is 0 Å². The summed E-state index contributed by atoms with van der Waals surface area (Å²) < 4.78 is 13.8. The average molecular weight is 418 g/mol. The molecule has 5 heteroatoms. The van der Waals surface area contributed by atoms with E-state index in [9.17, 15) is 0 Å². The monoisotopic (exact) mass is 417 g/mol. The number of nitrogens with one attached hydrogen (secondary N) is 1. The van der Waals surface area contributed by atoms with Crippen molar-refractivity contribution >= 4 is 22.3 Å². The van der Waals surface area contributed by atoms with Crippen LogP contribution in [0.3, 0.4) is 0 Å². The second-order valence-corrected chi connectivity index (χ2v) is 9.21. The molecule has 1 aliphatic carbocycles. The van der Waals surface area contributed by atoms with E-state index in [0.717, 1.165) is 41.9 Å². The number of anilines is 2. The second kappa shape index (κ2) is 7.79. The first-order valence-corrected chi connectivity index (χ1v) is 11.8. The Balaban J connectivity index is 1.28. The molecule has 1 fully saturated rings. The zero-order valence-electron chi connectivity index (χ0n) is 18.3. The number of aromatic nitrogens is 1. The van der Waals surface area contributed by atoms with Gasteiger partial charge in [-0.25, -0.2) is 0 Å². The van der Waals surface area contributed by atoms with E-state index >= 15 is 0 Å². The van der Waals surface area contributed by atoms with Crippen LogP contribution in [-0.2, 0) is 20.0 Å². The van der Waals surface area contributed by atoms with Crippen LogP contribution in [0, 0.1) is 0 Å². The largest absolute Gasteiger partial charge is 0.486 e. The number of hydrogen-bond acceptors (Lipinski definition) is 4. The molecule has 3 aliphatic rings. The molecule has 0 bridgehead atoms. The highest BCUT2D eigenvalue weighted by Crippen LogP contribution is 2.36. The predicted octanol–water partition coefficient (Wildman–Crippen LogP) is 5.38. The molecule has 2 aromatic carbocycles. The Morgan fingerprint density at radius 1 is 0.903 bits per heavy atom. The van der Waals surface area contributed by atoms with Gasteiger partial charge >= 0.3 is 0 Å². The molecule has 1 saturated carbocycles. The molecular weight excluding hydrogens is 386 g/mol. The van der Waals surface area contributed by atoms with E-state index in [1.54, 1.807) is 5.56 Å². The van der Waals surface area contributed by atoms with Crippen molar-refractivity contribution in [2.75, 3.05) is 25.1 Å². The third-order valence-corrected chi connectivity index (χ3v) is 7.36. The van der Waals surface area contributed by atoms with Crippen molar-refractivity contribution in [3.05, 3.63) is 47.7 Å². The molecule has 3 heterocycles. The van der Waals surface area contributed by atoms with Crippen molar-refractivity contribution in [2.24, 2.45) is 7.05 Å². The van der Waals surface area contributed by atoms with Gasteiger partial charge in [0.2, 0.25) is 0 Å². The second-order valence-electron chi connectivity index (χ2n) is 9.21. The van der Waals surface area contributed by atoms with Gasteiger partial charge in [-0.15, -0.1) is 0 Å². The van der Waals surface area contributed by atoms with E-state index < -0.39 is 0 Å². The van der Waals surface area contributed by atoms with Crippen LogP contribution in [0.4, 0.5) is 11.4 Å². The Morgan fingerprint density at radius 2 is 1.68 bits per heavy atom. The van der Waals surface area contributed by atoms with E-state index in [1.807, 2.05) is 12.1 Å². The van der Waals surface area contributed by atoms with E-state index in [4.69, 9.17) is 9.47 Å². The highest BCUT2D eigenvalue weighted by molar-refractivity contribution is 5.89. The van der Waals surface area contributed by atoms with Crippen LogP contribution in [0.25, 0.3) is 10.9 Å². The number of ether oxygens (including phenoxy) is 2. The van der Waals surface area contributed by atoms with Crippen LogP contribution >= 0.6 is 0 Å². The first-order valence-electron chi connectivity index (χ1n) is 11.8. The lowest BCUT2D eigenvalue weighted by Crippen LogP contribution is -2.40. The molecule has 0 saturated heterocycles. The van der Waals surface area contributed by atoms with Crippen LogP contribution < -0.4 is 14.8 Å². The van der Waals surface area contributed by atoms with Gasteiger partial charge in [0.1, 0.15) is 13.2 Å². The Bertz CT molecular complexity index is 1110. The van der Waals surface area contributed by atoms with Gasteiger partial charge in [0.25, 0.3) is 0 Å². The number of fused-ring (bicyclic) bond motifs is 4.